The lowest BCUT2D eigenvalue weighted by atomic mass is 9.95. The molecule has 3 atom stereocenters. The van der Waals surface area contributed by atoms with Gasteiger partial charge in [-0.3, -0.25) is 0 Å². The maximum atomic E-state index is 13.2. The summed E-state index contributed by atoms with van der Waals surface area (Å²) in [5, 5.41) is 3.89. The summed E-state index contributed by atoms with van der Waals surface area (Å²) in [6, 6.07) is 5.19. The van der Waals surface area contributed by atoms with Crippen molar-refractivity contribution in [2.24, 2.45) is 11.8 Å². The Kier molecular flexibility index (Phi) is 2.55. The van der Waals surface area contributed by atoms with E-state index in [2.05, 4.69) is 5.32 Å². The van der Waals surface area contributed by atoms with E-state index in [4.69, 9.17) is 11.6 Å². The molecule has 86 valence electrons. The van der Waals surface area contributed by atoms with Crippen LogP contribution in [0.4, 0.5) is 10.1 Å². The Morgan fingerprint density at radius 2 is 2.06 bits per heavy atom. The number of benzene rings is 1. The summed E-state index contributed by atoms with van der Waals surface area (Å²) in [5.74, 6) is 1.41. The van der Waals surface area contributed by atoms with E-state index in [1.807, 2.05) is 0 Å². The number of rotatable bonds is 2. The first-order valence-corrected chi connectivity index (χ1v) is 6.31. The van der Waals surface area contributed by atoms with Crippen molar-refractivity contribution in [2.75, 3.05) is 5.32 Å². The molecule has 1 aromatic carbocycles. The van der Waals surface area contributed by atoms with Gasteiger partial charge in [-0.15, -0.1) is 0 Å². The third-order valence-corrected chi connectivity index (χ3v) is 4.17. The minimum absolute atomic E-state index is 0.266. The standard InChI is InChI=1S/C13H15ClFN/c14-10-5-11(15)7-12(6-10)16-13-4-8-1-2-9(13)3-8/h5-9,13,16H,1-4H2. The highest BCUT2D eigenvalue weighted by Gasteiger charge is 2.39. The van der Waals surface area contributed by atoms with E-state index in [9.17, 15) is 4.39 Å². The van der Waals surface area contributed by atoms with Crippen LogP contribution in [0.2, 0.25) is 5.02 Å². The molecule has 0 aliphatic heterocycles. The number of halogens is 2. The van der Waals surface area contributed by atoms with Crippen molar-refractivity contribution in [1.82, 2.24) is 0 Å². The first kappa shape index (κ1) is 10.4. The quantitative estimate of drug-likeness (QED) is 0.820. The van der Waals surface area contributed by atoms with Gasteiger partial charge in [-0.2, -0.15) is 0 Å². The van der Waals surface area contributed by atoms with Crippen LogP contribution in [0.25, 0.3) is 0 Å². The maximum Gasteiger partial charge on any atom is 0.126 e. The monoisotopic (exact) mass is 239 g/mol. The lowest BCUT2D eigenvalue weighted by molar-refractivity contribution is 0.439. The van der Waals surface area contributed by atoms with Crippen molar-refractivity contribution in [3.63, 3.8) is 0 Å². The van der Waals surface area contributed by atoms with Crippen LogP contribution in [0.3, 0.4) is 0 Å². The molecule has 2 saturated carbocycles. The van der Waals surface area contributed by atoms with Gasteiger partial charge in [0.1, 0.15) is 5.82 Å². The van der Waals surface area contributed by atoms with Crippen molar-refractivity contribution in [2.45, 2.75) is 31.7 Å². The molecular weight excluding hydrogens is 225 g/mol. The van der Waals surface area contributed by atoms with Crippen molar-refractivity contribution >= 4 is 17.3 Å². The zero-order chi connectivity index (χ0) is 11.1. The van der Waals surface area contributed by atoms with Gasteiger partial charge in [-0.25, -0.2) is 4.39 Å². The third-order valence-electron chi connectivity index (χ3n) is 3.95. The maximum absolute atomic E-state index is 13.2. The first-order valence-electron chi connectivity index (χ1n) is 5.93. The highest BCUT2D eigenvalue weighted by molar-refractivity contribution is 6.30. The van der Waals surface area contributed by atoms with Gasteiger partial charge in [0, 0.05) is 16.8 Å². The molecule has 2 fully saturated rings. The number of fused-ring (bicyclic) bond motifs is 2. The van der Waals surface area contributed by atoms with Crippen LogP contribution in [-0.4, -0.2) is 6.04 Å². The number of hydrogen-bond donors (Lipinski definition) is 1. The second-order valence-corrected chi connectivity index (χ2v) is 5.52. The summed E-state index contributed by atoms with van der Waals surface area (Å²) >= 11 is 5.83. The zero-order valence-corrected chi connectivity index (χ0v) is 9.80. The average molecular weight is 240 g/mol. The van der Waals surface area contributed by atoms with E-state index in [0.29, 0.717) is 11.1 Å². The van der Waals surface area contributed by atoms with Gasteiger partial charge in [0.2, 0.25) is 0 Å². The van der Waals surface area contributed by atoms with Crippen molar-refractivity contribution in [3.8, 4) is 0 Å². The van der Waals surface area contributed by atoms with Gasteiger partial charge in [0.15, 0.2) is 0 Å². The van der Waals surface area contributed by atoms with Crippen LogP contribution in [-0.2, 0) is 0 Å². The lowest BCUT2D eigenvalue weighted by Gasteiger charge is -2.24. The Morgan fingerprint density at radius 3 is 2.69 bits per heavy atom. The molecule has 0 radical (unpaired) electrons. The molecule has 0 amide bonds. The largest absolute Gasteiger partial charge is 0.382 e. The molecule has 2 bridgehead atoms. The fourth-order valence-corrected chi connectivity index (χ4v) is 3.49. The fraction of sp³-hybridized carbons (Fsp3) is 0.538. The Bertz CT molecular complexity index is 387. The van der Waals surface area contributed by atoms with Gasteiger partial charge >= 0.3 is 0 Å². The summed E-state index contributed by atoms with van der Waals surface area (Å²) < 4.78 is 13.2. The molecule has 1 nitrogen and oxygen atoms in total. The van der Waals surface area contributed by atoms with Crippen LogP contribution in [0.1, 0.15) is 25.7 Å². The van der Waals surface area contributed by atoms with Crippen LogP contribution in [0.15, 0.2) is 18.2 Å². The zero-order valence-electron chi connectivity index (χ0n) is 9.05. The molecule has 0 heterocycles. The molecule has 0 saturated heterocycles. The summed E-state index contributed by atoms with van der Waals surface area (Å²) in [5.41, 5.74) is 0.822. The smallest absolute Gasteiger partial charge is 0.126 e. The van der Waals surface area contributed by atoms with Crippen LogP contribution in [0, 0.1) is 17.7 Å². The Labute approximate surface area is 100.0 Å². The van der Waals surface area contributed by atoms with E-state index < -0.39 is 0 Å². The Morgan fingerprint density at radius 1 is 1.19 bits per heavy atom. The van der Waals surface area contributed by atoms with Crippen LogP contribution < -0.4 is 5.32 Å². The van der Waals surface area contributed by atoms with Crippen molar-refractivity contribution < 1.29 is 4.39 Å². The van der Waals surface area contributed by atoms with Gasteiger partial charge in [0.05, 0.1) is 0 Å². The second-order valence-electron chi connectivity index (χ2n) is 5.08. The Hall–Kier alpha value is -0.760. The predicted octanol–water partition coefficient (Wildman–Crippen LogP) is 4.08. The topological polar surface area (TPSA) is 12.0 Å². The van der Waals surface area contributed by atoms with E-state index >= 15 is 0 Å². The van der Waals surface area contributed by atoms with Gasteiger partial charge in [-0.1, -0.05) is 18.0 Å². The minimum Gasteiger partial charge on any atom is -0.382 e. The molecule has 2 aliphatic carbocycles. The van der Waals surface area contributed by atoms with Gasteiger partial charge < -0.3 is 5.32 Å². The average Bonchev–Trinajstić information content (AvgIpc) is 2.77. The number of hydrogen-bond acceptors (Lipinski definition) is 1. The van der Waals surface area contributed by atoms with Crippen molar-refractivity contribution in [3.05, 3.63) is 29.0 Å². The first-order chi connectivity index (χ1) is 7.70. The van der Waals surface area contributed by atoms with Crippen LogP contribution >= 0.6 is 11.6 Å². The van der Waals surface area contributed by atoms with Gasteiger partial charge in [-0.05, 0) is 49.3 Å². The molecule has 1 aromatic rings. The molecule has 3 heteroatoms. The lowest BCUT2D eigenvalue weighted by Crippen LogP contribution is -2.25. The molecule has 2 aliphatic rings. The summed E-state index contributed by atoms with van der Waals surface area (Å²) in [6.07, 6.45) is 5.29. The number of anilines is 1. The molecule has 16 heavy (non-hydrogen) atoms. The summed E-state index contributed by atoms with van der Waals surface area (Å²) in [4.78, 5) is 0. The van der Waals surface area contributed by atoms with Crippen LogP contribution in [0.5, 0.6) is 0 Å². The normalized spacial score (nSPS) is 32.0. The highest BCUT2D eigenvalue weighted by atomic mass is 35.5. The molecular formula is C13H15ClFN. The summed E-state index contributed by atoms with van der Waals surface area (Å²) in [7, 11) is 0. The van der Waals surface area contributed by atoms with E-state index in [1.54, 1.807) is 6.07 Å². The highest BCUT2D eigenvalue weighted by Crippen LogP contribution is 2.45. The number of nitrogens with one attached hydrogen (secondary N) is 1. The third kappa shape index (κ3) is 1.91. The molecule has 3 unspecified atom stereocenters. The minimum atomic E-state index is -0.266. The molecule has 0 spiro atoms. The molecule has 0 aromatic heterocycles. The molecule has 3 rings (SSSR count). The van der Waals surface area contributed by atoms with E-state index in [0.717, 1.165) is 17.5 Å². The second kappa shape index (κ2) is 3.92. The van der Waals surface area contributed by atoms with E-state index in [-0.39, 0.29) is 5.82 Å². The van der Waals surface area contributed by atoms with Gasteiger partial charge in [0.25, 0.3) is 0 Å². The van der Waals surface area contributed by atoms with E-state index in [1.165, 1.54) is 37.8 Å². The predicted molar refractivity (Wildman–Crippen MR) is 64.3 cm³/mol. The Balaban J connectivity index is 1.74. The molecule has 1 N–H and O–H groups in total. The van der Waals surface area contributed by atoms with Crippen molar-refractivity contribution in [1.29, 1.82) is 0 Å². The SMILES string of the molecule is Fc1cc(Cl)cc(NC2CC3CCC2C3)c1. The summed E-state index contributed by atoms with van der Waals surface area (Å²) in [6.45, 7) is 0. The fourth-order valence-electron chi connectivity index (χ4n) is 3.27.